The summed E-state index contributed by atoms with van der Waals surface area (Å²) in [5.74, 6) is -0.721. The fraction of sp³-hybridized carbons (Fsp3) is 0.348. The van der Waals surface area contributed by atoms with Crippen LogP contribution in [0.1, 0.15) is 54.8 Å². The summed E-state index contributed by atoms with van der Waals surface area (Å²) < 4.78 is 0. The summed E-state index contributed by atoms with van der Waals surface area (Å²) in [5, 5.41) is 11.7. The summed E-state index contributed by atoms with van der Waals surface area (Å²) in [4.78, 5) is 36.6. The van der Waals surface area contributed by atoms with Crippen molar-refractivity contribution in [3.8, 4) is 0 Å². The number of halogens is 1. The van der Waals surface area contributed by atoms with Gasteiger partial charge in [-0.3, -0.25) is 14.4 Å². The van der Waals surface area contributed by atoms with Crippen LogP contribution in [-0.2, 0) is 4.79 Å². The summed E-state index contributed by atoms with van der Waals surface area (Å²) >= 11 is 6.27. The van der Waals surface area contributed by atoms with E-state index in [0.29, 0.717) is 34.1 Å². The van der Waals surface area contributed by atoms with Crippen molar-refractivity contribution in [3.05, 3.63) is 58.6 Å². The zero-order chi connectivity index (χ0) is 23.0. The number of benzene rings is 2. The molecule has 4 N–H and O–H groups in total. The number of nitrogens with one attached hydrogen (secondary N) is 4. The molecule has 7 nitrogen and oxygen atoms in total. The van der Waals surface area contributed by atoms with E-state index in [0.717, 1.165) is 6.42 Å². The molecule has 0 fully saturated rings. The van der Waals surface area contributed by atoms with Crippen LogP contribution >= 0.6 is 11.6 Å². The Labute approximate surface area is 187 Å². The van der Waals surface area contributed by atoms with E-state index in [9.17, 15) is 14.4 Å². The second kappa shape index (κ2) is 10.8. The number of rotatable bonds is 9. The fourth-order valence-electron chi connectivity index (χ4n) is 2.66. The molecule has 2 aromatic carbocycles. The van der Waals surface area contributed by atoms with Crippen LogP contribution in [0.2, 0.25) is 5.02 Å². The molecule has 0 unspecified atom stereocenters. The Morgan fingerprint density at radius 3 is 2.35 bits per heavy atom. The Hall–Kier alpha value is -3.06. The number of hydrogen-bond acceptors (Lipinski definition) is 4. The first kappa shape index (κ1) is 24.2. The molecule has 166 valence electrons. The zero-order valence-corrected chi connectivity index (χ0v) is 19.0. The van der Waals surface area contributed by atoms with Gasteiger partial charge in [0.1, 0.15) is 0 Å². The lowest BCUT2D eigenvalue weighted by atomic mass is 10.0. The molecule has 0 atom stereocenters. The Bertz CT molecular complexity index is 960. The van der Waals surface area contributed by atoms with Gasteiger partial charge < -0.3 is 21.3 Å². The van der Waals surface area contributed by atoms with Gasteiger partial charge >= 0.3 is 0 Å². The van der Waals surface area contributed by atoms with Gasteiger partial charge in [-0.25, -0.2) is 0 Å². The monoisotopic (exact) mass is 444 g/mol. The minimum atomic E-state index is -0.329. The van der Waals surface area contributed by atoms with Crippen LogP contribution in [0.15, 0.2) is 42.5 Å². The lowest BCUT2D eigenvalue weighted by Gasteiger charge is -2.24. The highest BCUT2D eigenvalue weighted by Crippen LogP contribution is 2.22. The summed E-state index contributed by atoms with van der Waals surface area (Å²) in [6.07, 6.45) is 0.789. The van der Waals surface area contributed by atoms with E-state index in [-0.39, 0.29) is 29.8 Å². The van der Waals surface area contributed by atoms with Crippen LogP contribution in [0.4, 0.5) is 11.4 Å². The molecule has 0 aromatic heterocycles. The third-order valence-corrected chi connectivity index (χ3v) is 5.06. The molecule has 0 aliphatic rings. The van der Waals surface area contributed by atoms with Crippen LogP contribution in [-0.4, -0.2) is 36.3 Å². The van der Waals surface area contributed by atoms with E-state index in [1.807, 2.05) is 27.7 Å². The largest absolute Gasteiger partial charge is 0.376 e. The van der Waals surface area contributed by atoms with Crippen molar-refractivity contribution in [2.45, 2.75) is 39.7 Å². The van der Waals surface area contributed by atoms with Crippen LogP contribution in [0.5, 0.6) is 0 Å². The highest BCUT2D eigenvalue weighted by atomic mass is 35.5. The molecule has 0 aliphatic heterocycles. The molecular formula is C23H29ClN4O3. The van der Waals surface area contributed by atoms with Gasteiger partial charge in [-0.2, -0.15) is 0 Å². The van der Waals surface area contributed by atoms with Crippen molar-refractivity contribution >= 4 is 40.7 Å². The fourth-order valence-corrected chi connectivity index (χ4v) is 2.93. The number of carbonyl (C=O) groups excluding carboxylic acids is 3. The summed E-state index contributed by atoms with van der Waals surface area (Å²) in [6, 6.07) is 11.6. The van der Waals surface area contributed by atoms with E-state index >= 15 is 0 Å². The maximum atomic E-state index is 12.4. The van der Waals surface area contributed by atoms with Gasteiger partial charge in [0.05, 0.1) is 17.1 Å². The van der Waals surface area contributed by atoms with Gasteiger partial charge in [-0.15, -0.1) is 0 Å². The molecule has 0 spiro atoms. The van der Waals surface area contributed by atoms with Gasteiger partial charge in [0.2, 0.25) is 5.91 Å². The Balaban J connectivity index is 1.95. The molecule has 3 amide bonds. The van der Waals surface area contributed by atoms with Gasteiger partial charge in [0, 0.05) is 29.0 Å². The van der Waals surface area contributed by atoms with Gasteiger partial charge in [-0.05, 0) is 63.6 Å². The van der Waals surface area contributed by atoms with Gasteiger partial charge in [0.15, 0.2) is 0 Å². The van der Waals surface area contributed by atoms with Crippen LogP contribution in [0, 0.1) is 0 Å². The predicted octanol–water partition coefficient (Wildman–Crippen LogP) is 4.06. The molecule has 0 bridgehead atoms. The summed E-state index contributed by atoms with van der Waals surface area (Å²) in [5.41, 5.74) is 1.66. The smallest absolute Gasteiger partial charge is 0.253 e. The number of hydrogen-bond donors (Lipinski definition) is 4. The van der Waals surface area contributed by atoms with Crippen molar-refractivity contribution in [1.29, 1.82) is 0 Å². The van der Waals surface area contributed by atoms with Gasteiger partial charge in [-0.1, -0.05) is 24.6 Å². The summed E-state index contributed by atoms with van der Waals surface area (Å²) in [7, 11) is 0. The predicted molar refractivity (Wildman–Crippen MR) is 125 cm³/mol. The normalized spacial score (nSPS) is 10.9. The molecule has 0 heterocycles. The van der Waals surface area contributed by atoms with Crippen LogP contribution in [0.3, 0.4) is 0 Å². The highest BCUT2D eigenvalue weighted by molar-refractivity contribution is 6.34. The topological polar surface area (TPSA) is 99.3 Å². The Kier molecular flexibility index (Phi) is 8.45. The Morgan fingerprint density at radius 1 is 0.968 bits per heavy atom. The quantitative estimate of drug-likeness (QED) is 0.468. The third-order valence-electron chi connectivity index (χ3n) is 4.75. The van der Waals surface area contributed by atoms with E-state index < -0.39 is 0 Å². The lowest BCUT2D eigenvalue weighted by Crippen LogP contribution is -2.42. The number of carbonyl (C=O) groups is 3. The molecule has 0 saturated carbocycles. The Morgan fingerprint density at radius 2 is 1.71 bits per heavy atom. The minimum absolute atomic E-state index is 0.00385. The minimum Gasteiger partial charge on any atom is -0.376 e. The maximum absolute atomic E-state index is 12.4. The van der Waals surface area contributed by atoms with Crippen molar-refractivity contribution in [2.75, 3.05) is 23.7 Å². The molecule has 0 radical (unpaired) electrons. The molecule has 0 saturated heterocycles. The van der Waals surface area contributed by atoms with Crippen LogP contribution in [0.25, 0.3) is 0 Å². The van der Waals surface area contributed by atoms with Crippen LogP contribution < -0.4 is 21.3 Å². The van der Waals surface area contributed by atoms with Crippen molar-refractivity contribution in [2.24, 2.45) is 0 Å². The number of amides is 3. The second-order valence-electron chi connectivity index (χ2n) is 7.73. The maximum Gasteiger partial charge on any atom is 0.253 e. The third kappa shape index (κ3) is 7.29. The molecule has 31 heavy (non-hydrogen) atoms. The molecule has 0 aliphatic carbocycles. The first-order chi connectivity index (χ1) is 14.6. The highest BCUT2D eigenvalue weighted by Gasteiger charge is 2.20. The summed E-state index contributed by atoms with van der Waals surface area (Å²) in [6.45, 7) is 8.25. The average Bonchev–Trinajstić information content (AvgIpc) is 2.72. The van der Waals surface area contributed by atoms with E-state index in [4.69, 9.17) is 11.6 Å². The molecule has 2 aromatic rings. The SMILES string of the molecule is CCNC(=O)c1cccc(NC(=O)CNc2ccc(C(=O)NC(C)(C)CC)c(Cl)c2)c1. The van der Waals surface area contributed by atoms with Crippen molar-refractivity contribution < 1.29 is 14.4 Å². The van der Waals surface area contributed by atoms with Crippen molar-refractivity contribution in [1.82, 2.24) is 10.6 Å². The average molecular weight is 445 g/mol. The standard InChI is InChI=1S/C23H29ClN4O3/c1-5-23(3,4)28-22(31)18-11-10-16(13-19(18)24)26-14-20(29)27-17-9-7-8-15(12-17)21(30)25-6-2/h7-13,26H,5-6,14H2,1-4H3,(H,25,30)(H,27,29)(H,28,31). The zero-order valence-electron chi connectivity index (χ0n) is 18.3. The van der Waals surface area contributed by atoms with E-state index in [1.165, 1.54) is 0 Å². The molecule has 8 heteroatoms. The number of anilines is 2. The lowest BCUT2D eigenvalue weighted by molar-refractivity contribution is -0.114. The van der Waals surface area contributed by atoms with E-state index in [2.05, 4.69) is 21.3 Å². The first-order valence-corrected chi connectivity index (χ1v) is 10.6. The van der Waals surface area contributed by atoms with Gasteiger partial charge in [0.25, 0.3) is 11.8 Å². The van der Waals surface area contributed by atoms with E-state index in [1.54, 1.807) is 42.5 Å². The first-order valence-electron chi connectivity index (χ1n) is 10.2. The molecule has 2 rings (SSSR count). The second-order valence-corrected chi connectivity index (χ2v) is 8.14. The molecular weight excluding hydrogens is 416 g/mol. The van der Waals surface area contributed by atoms with Crippen molar-refractivity contribution in [3.63, 3.8) is 0 Å².